The van der Waals surface area contributed by atoms with Crippen molar-refractivity contribution >= 4 is 10.0 Å². The Morgan fingerprint density at radius 2 is 2.14 bits per heavy atom. The van der Waals surface area contributed by atoms with Gasteiger partial charge in [0.25, 0.3) is 15.2 Å². The van der Waals surface area contributed by atoms with Gasteiger partial charge in [0.1, 0.15) is 0 Å². The lowest BCUT2D eigenvalue weighted by atomic mass is 10.5. The van der Waals surface area contributed by atoms with E-state index in [0.717, 1.165) is 0 Å². The zero-order valence-corrected chi connectivity index (χ0v) is 7.48. The molecule has 2 aromatic rings. The number of hydrogen-bond donors (Lipinski definition) is 3. The summed E-state index contributed by atoms with van der Waals surface area (Å²) in [6.45, 7) is 0. The quantitative estimate of drug-likeness (QED) is 0.541. The molecule has 0 saturated heterocycles. The highest BCUT2D eigenvalue weighted by molar-refractivity contribution is 7.89. The average Bonchev–Trinajstić information content (AvgIpc) is 2.73. The molecule has 74 valence electrons. The van der Waals surface area contributed by atoms with Gasteiger partial charge in [0, 0.05) is 0 Å². The number of H-pyrrole nitrogens is 2. The third kappa shape index (κ3) is 1.47. The Morgan fingerprint density at radius 1 is 1.36 bits per heavy atom. The van der Waals surface area contributed by atoms with E-state index in [1.54, 1.807) is 0 Å². The van der Waals surface area contributed by atoms with E-state index < -0.39 is 15.2 Å². The number of nitrogens with two attached hydrogens (primary N) is 1. The van der Waals surface area contributed by atoms with E-state index in [2.05, 4.69) is 30.6 Å². The van der Waals surface area contributed by atoms with Crippen molar-refractivity contribution in [2.45, 2.75) is 5.16 Å². The second-order valence-corrected chi connectivity index (χ2v) is 3.84. The van der Waals surface area contributed by atoms with Crippen molar-refractivity contribution in [3.63, 3.8) is 0 Å². The second-order valence-electron chi connectivity index (χ2n) is 2.36. The summed E-state index contributed by atoms with van der Waals surface area (Å²) in [6, 6.07) is 0. The first kappa shape index (κ1) is 8.77. The summed E-state index contributed by atoms with van der Waals surface area (Å²) in [4.78, 5) is 3.62. The van der Waals surface area contributed by atoms with Gasteiger partial charge in [0.2, 0.25) is 5.82 Å². The van der Waals surface area contributed by atoms with Crippen molar-refractivity contribution in [3.8, 4) is 11.5 Å². The number of nitrogens with one attached hydrogen (secondary N) is 2. The SMILES string of the molecule is NS(=O)(=O)c1nc(-c2cn[nH]n2)n[nH]1. The molecular formula is C4H5N7O2S. The van der Waals surface area contributed by atoms with Gasteiger partial charge in [-0.05, 0) is 0 Å². The lowest BCUT2D eigenvalue weighted by Gasteiger charge is -1.86. The molecule has 0 aliphatic rings. The van der Waals surface area contributed by atoms with Gasteiger partial charge in [-0.15, -0.1) is 0 Å². The number of primary sulfonamides is 1. The summed E-state index contributed by atoms with van der Waals surface area (Å²) >= 11 is 0. The molecule has 0 aliphatic heterocycles. The maximum absolute atomic E-state index is 10.8. The monoisotopic (exact) mass is 215 g/mol. The molecule has 0 amide bonds. The number of hydrogen-bond acceptors (Lipinski definition) is 6. The molecule has 0 saturated carbocycles. The fourth-order valence-electron chi connectivity index (χ4n) is 0.798. The van der Waals surface area contributed by atoms with Gasteiger partial charge in [-0.3, -0.25) is 0 Å². The molecule has 0 radical (unpaired) electrons. The van der Waals surface area contributed by atoms with Crippen LogP contribution in [0.2, 0.25) is 0 Å². The van der Waals surface area contributed by atoms with Crippen LogP contribution in [0.1, 0.15) is 0 Å². The van der Waals surface area contributed by atoms with E-state index in [0.29, 0.717) is 5.69 Å². The Hall–Kier alpha value is -1.81. The van der Waals surface area contributed by atoms with Gasteiger partial charge in [-0.25, -0.2) is 18.7 Å². The van der Waals surface area contributed by atoms with Gasteiger partial charge in [0.15, 0.2) is 5.69 Å². The number of aromatic amines is 2. The molecule has 0 aromatic carbocycles. The summed E-state index contributed by atoms with van der Waals surface area (Å²) in [7, 11) is -3.86. The lowest BCUT2D eigenvalue weighted by molar-refractivity contribution is 0.589. The Bertz CT molecular complexity index is 526. The first-order valence-electron chi connectivity index (χ1n) is 3.39. The smallest absolute Gasteiger partial charge is 0.248 e. The van der Waals surface area contributed by atoms with Crippen molar-refractivity contribution in [2.75, 3.05) is 0 Å². The summed E-state index contributed by atoms with van der Waals surface area (Å²) in [5, 5.41) is 19.7. The molecular weight excluding hydrogens is 210 g/mol. The van der Waals surface area contributed by atoms with Gasteiger partial charge in [0.05, 0.1) is 6.20 Å². The molecule has 9 nitrogen and oxygen atoms in total. The molecule has 0 aliphatic carbocycles. The van der Waals surface area contributed by atoms with Crippen LogP contribution in [-0.2, 0) is 10.0 Å². The van der Waals surface area contributed by atoms with Crippen LogP contribution in [0.4, 0.5) is 0 Å². The van der Waals surface area contributed by atoms with E-state index in [9.17, 15) is 8.42 Å². The molecule has 4 N–H and O–H groups in total. The summed E-state index contributed by atoms with van der Waals surface area (Å²) in [5.41, 5.74) is 0.330. The molecule has 0 spiro atoms. The minimum absolute atomic E-state index is 0.114. The van der Waals surface area contributed by atoms with Crippen LogP contribution in [0.15, 0.2) is 11.4 Å². The van der Waals surface area contributed by atoms with Crippen LogP contribution in [0.5, 0.6) is 0 Å². The summed E-state index contributed by atoms with van der Waals surface area (Å²) in [5.74, 6) is 0.114. The Morgan fingerprint density at radius 3 is 2.64 bits per heavy atom. The van der Waals surface area contributed by atoms with Crippen molar-refractivity contribution in [1.29, 1.82) is 0 Å². The van der Waals surface area contributed by atoms with Crippen LogP contribution in [0, 0.1) is 0 Å². The molecule has 2 rings (SSSR count). The predicted octanol–water partition coefficient (Wildman–Crippen LogP) is -1.76. The van der Waals surface area contributed by atoms with E-state index in [1.165, 1.54) is 6.20 Å². The Kier molecular flexibility index (Phi) is 1.79. The molecule has 0 unspecified atom stereocenters. The molecule has 0 fully saturated rings. The van der Waals surface area contributed by atoms with Crippen LogP contribution < -0.4 is 5.14 Å². The lowest BCUT2D eigenvalue weighted by Crippen LogP contribution is -2.13. The van der Waals surface area contributed by atoms with Gasteiger partial charge < -0.3 is 0 Å². The number of rotatable bonds is 2. The fraction of sp³-hybridized carbons (Fsp3) is 0. The number of nitrogens with zero attached hydrogens (tertiary/aromatic N) is 4. The molecule has 14 heavy (non-hydrogen) atoms. The topological polar surface area (TPSA) is 143 Å². The standard InChI is InChI=1S/C4H5N7O2S/c5-14(12,13)4-7-3(9-10-4)2-1-6-11-8-2/h1H,(H2,5,12,13)(H,6,8,11)(H,7,9,10). The maximum atomic E-state index is 10.8. The number of sulfonamides is 1. The van der Waals surface area contributed by atoms with E-state index in [1.807, 2.05) is 0 Å². The van der Waals surface area contributed by atoms with Crippen LogP contribution in [-0.4, -0.2) is 39.0 Å². The van der Waals surface area contributed by atoms with E-state index in [-0.39, 0.29) is 5.82 Å². The fourth-order valence-corrected chi connectivity index (χ4v) is 1.18. The summed E-state index contributed by atoms with van der Waals surface area (Å²) in [6.07, 6.45) is 1.36. The van der Waals surface area contributed by atoms with Crippen molar-refractivity contribution in [2.24, 2.45) is 5.14 Å². The third-order valence-electron chi connectivity index (χ3n) is 1.38. The minimum Gasteiger partial charge on any atom is -0.248 e. The molecule has 0 bridgehead atoms. The highest BCUT2D eigenvalue weighted by atomic mass is 32.2. The zero-order valence-electron chi connectivity index (χ0n) is 6.67. The molecule has 2 heterocycles. The third-order valence-corrected chi connectivity index (χ3v) is 2.10. The first-order chi connectivity index (χ1) is 6.57. The maximum Gasteiger partial charge on any atom is 0.273 e. The molecule has 0 atom stereocenters. The number of aromatic nitrogens is 6. The van der Waals surface area contributed by atoms with Crippen LogP contribution in [0.3, 0.4) is 0 Å². The Balaban J connectivity index is 2.46. The normalized spacial score (nSPS) is 11.8. The molecule has 2 aromatic heterocycles. The second kappa shape index (κ2) is 2.85. The van der Waals surface area contributed by atoms with Gasteiger partial charge >= 0.3 is 0 Å². The first-order valence-corrected chi connectivity index (χ1v) is 4.93. The van der Waals surface area contributed by atoms with Crippen LogP contribution >= 0.6 is 0 Å². The van der Waals surface area contributed by atoms with Crippen molar-refractivity contribution in [1.82, 2.24) is 30.6 Å². The van der Waals surface area contributed by atoms with Gasteiger partial charge in [-0.2, -0.15) is 25.5 Å². The van der Waals surface area contributed by atoms with E-state index in [4.69, 9.17) is 5.14 Å². The molecule has 10 heteroatoms. The predicted molar refractivity (Wildman–Crippen MR) is 43.1 cm³/mol. The highest BCUT2D eigenvalue weighted by Gasteiger charge is 2.15. The van der Waals surface area contributed by atoms with Crippen molar-refractivity contribution in [3.05, 3.63) is 6.20 Å². The minimum atomic E-state index is -3.86. The largest absolute Gasteiger partial charge is 0.273 e. The van der Waals surface area contributed by atoms with Crippen LogP contribution in [0.25, 0.3) is 11.5 Å². The zero-order chi connectivity index (χ0) is 10.2. The summed E-state index contributed by atoms with van der Waals surface area (Å²) < 4.78 is 21.6. The van der Waals surface area contributed by atoms with Crippen molar-refractivity contribution < 1.29 is 8.42 Å². The highest BCUT2D eigenvalue weighted by Crippen LogP contribution is 2.09. The average molecular weight is 215 g/mol. The van der Waals surface area contributed by atoms with E-state index >= 15 is 0 Å². The Labute approximate surface area is 77.8 Å². The van der Waals surface area contributed by atoms with Gasteiger partial charge in [-0.1, -0.05) is 0 Å².